The third kappa shape index (κ3) is 10.6. The van der Waals surface area contributed by atoms with Crippen molar-refractivity contribution in [3.8, 4) is 0 Å². The fourth-order valence-electron chi connectivity index (χ4n) is 6.33. The van der Waals surface area contributed by atoms with E-state index in [2.05, 4.69) is 20.6 Å². The molecule has 0 radical (unpaired) electrons. The number of nitrogens with zero attached hydrogens (tertiary/aromatic N) is 6. The van der Waals surface area contributed by atoms with Crippen molar-refractivity contribution < 1.29 is 33.5 Å². The number of oxime groups is 2. The Morgan fingerprint density at radius 3 is 2.32 bits per heavy atom. The van der Waals surface area contributed by atoms with E-state index in [0.717, 1.165) is 5.56 Å². The van der Waals surface area contributed by atoms with Crippen molar-refractivity contribution in [3.05, 3.63) is 95.3 Å². The summed E-state index contributed by atoms with van der Waals surface area (Å²) < 4.78 is 29.1. The molecule has 0 aliphatic carbocycles. The van der Waals surface area contributed by atoms with Gasteiger partial charge in [0.1, 0.15) is 11.8 Å². The SMILES string of the molecule is CC[C@H](C)[C@@H](C(=O)N[C@@H](Cc1ccccc1)[C@H](O)CN(CC(C)C)S(=O)(=O)c1ccc(C=NO)cc1)N1CCN(Cc2cccc(C(C)=NO)n2)C1=O. The Morgan fingerprint density at radius 2 is 1.70 bits per heavy atom. The highest BCUT2D eigenvalue weighted by molar-refractivity contribution is 7.89. The van der Waals surface area contributed by atoms with E-state index in [1.54, 1.807) is 34.9 Å². The second-order valence-corrected chi connectivity index (χ2v) is 15.8. The van der Waals surface area contributed by atoms with Crippen LogP contribution >= 0.6 is 0 Å². The van der Waals surface area contributed by atoms with Crippen molar-refractivity contribution in [3.63, 3.8) is 0 Å². The van der Waals surface area contributed by atoms with Crippen LogP contribution in [0, 0.1) is 11.8 Å². The number of carbonyl (C=O) groups is 2. The average Bonchev–Trinajstić information content (AvgIpc) is 3.49. The molecule has 2 aromatic carbocycles. The van der Waals surface area contributed by atoms with E-state index >= 15 is 0 Å². The predicted octanol–water partition coefficient (Wildman–Crippen LogP) is 4.18. The number of pyridine rings is 1. The van der Waals surface area contributed by atoms with E-state index in [9.17, 15) is 28.3 Å². The molecule has 286 valence electrons. The molecule has 15 heteroatoms. The molecule has 3 aromatic rings. The van der Waals surface area contributed by atoms with Crippen molar-refractivity contribution in [1.29, 1.82) is 0 Å². The number of sulfonamides is 1. The third-order valence-electron chi connectivity index (χ3n) is 9.37. The molecule has 4 rings (SSSR count). The highest BCUT2D eigenvalue weighted by Gasteiger charge is 2.41. The van der Waals surface area contributed by atoms with Crippen molar-refractivity contribution in [2.24, 2.45) is 22.1 Å². The van der Waals surface area contributed by atoms with Gasteiger partial charge in [0.15, 0.2) is 0 Å². The zero-order valence-corrected chi connectivity index (χ0v) is 31.7. The largest absolute Gasteiger partial charge is 0.411 e. The van der Waals surface area contributed by atoms with Crippen LogP contribution in [0.15, 0.2) is 88.0 Å². The van der Waals surface area contributed by atoms with Gasteiger partial charge in [-0.05, 0) is 60.6 Å². The van der Waals surface area contributed by atoms with Crippen LogP contribution in [0.3, 0.4) is 0 Å². The number of hydrogen-bond acceptors (Lipinski definition) is 10. The van der Waals surface area contributed by atoms with E-state index < -0.39 is 34.1 Å². The molecule has 0 saturated carbocycles. The molecule has 1 aliphatic rings. The lowest BCUT2D eigenvalue weighted by molar-refractivity contribution is -0.128. The maximum Gasteiger partial charge on any atom is 0.321 e. The molecule has 53 heavy (non-hydrogen) atoms. The molecule has 1 aliphatic heterocycles. The number of aromatic nitrogens is 1. The van der Waals surface area contributed by atoms with Crippen LogP contribution in [-0.2, 0) is 27.8 Å². The fourth-order valence-corrected chi connectivity index (χ4v) is 7.95. The van der Waals surface area contributed by atoms with Gasteiger partial charge in [-0.25, -0.2) is 18.2 Å². The van der Waals surface area contributed by atoms with Crippen LogP contribution in [-0.4, -0.2) is 111 Å². The lowest BCUT2D eigenvalue weighted by Gasteiger charge is -2.35. The third-order valence-corrected chi connectivity index (χ3v) is 11.2. The number of aliphatic hydroxyl groups is 1. The number of aliphatic hydroxyl groups excluding tert-OH is 1. The van der Waals surface area contributed by atoms with Crippen molar-refractivity contribution >= 4 is 33.9 Å². The van der Waals surface area contributed by atoms with Crippen LogP contribution in [0.5, 0.6) is 0 Å². The topological polar surface area (TPSA) is 188 Å². The molecule has 4 N–H and O–H groups in total. The van der Waals surface area contributed by atoms with E-state index in [1.165, 1.54) is 34.8 Å². The van der Waals surface area contributed by atoms with Gasteiger partial charge >= 0.3 is 6.03 Å². The molecular weight excluding hydrogens is 699 g/mol. The number of urea groups is 1. The van der Waals surface area contributed by atoms with Crippen LogP contribution < -0.4 is 5.32 Å². The van der Waals surface area contributed by atoms with Gasteiger partial charge in [0.05, 0.1) is 41.2 Å². The molecule has 14 nitrogen and oxygen atoms in total. The number of amides is 3. The maximum absolute atomic E-state index is 14.3. The minimum atomic E-state index is -4.08. The van der Waals surface area contributed by atoms with E-state index in [0.29, 0.717) is 42.2 Å². The summed E-state index contributed by atoms with van der Waals surface area (Å²) in [6.45, 7) is 9.91. The van der Waals surface area contributed by atoms with Crippen LogP contribution in [0.25, 0.3) is 0 Å². The van der Waals surface area contributed by atoms with Gasteiger partial charge in [0, 0.05) is 26.2 Å². The Bertz CT molecular complexity index is 1840. The Hall–Kier alpha value is -4.86. The van der Waals surface area contributed by atoms with Crippen molar-refractivity contribution in [2.45, 2.75) is 77.1 Å². The van der Waals surface area contributed by atoms with E-state index in [1.807, 2.05) is 58.0 Å². The Morgan fingerprint density at radius 1 is 1.00 bits per heavy atom. The molecule has 1 aromatic heterocycles. The van der Waals surface area contributed by atoms with Crippen LogP contribution in [0.2, 0.25) is 0 Å². The molecule has 3 amide bonds. The van der Waals surface area contributed by atoms with Gasteiger partial charge in [0.2, 0.25) is 15.9 Å². The van der Waals surface area contributed by atoms with Gasteiger partial charge in [-0.2, -0.15) is 4.31 Å². The number of carbonyl (C=O) groups excluding carboxylic acids is 2. The van der Waals surface area contributed by atoms with Crippen molar-refractivity contribution in [2.75, 3.05) is 26.2 Å². The first-order valence-corrected chi connectivity index (χ1v) is 19.2. The average molecular weight is 750 g/mol. The molecular formula is C38H51N7O7S. The Balaban J connectivity index is 1.59. The number of benzene rings is 2. The lowest BCUT2D eigenvalue weighted by atomic mass is 9.95. The number of rotatable bonds is 18. The zero-order chi connectivity index (χ0) is 38.7. The molecule has 0 bridgehead atoms. The van der Waals surface area contributed by atoms with Gasteiger partial charge in [0.25, 0.3) is 0 Å². The van der Waals surface area contributed by atoms with Gasteiger partial charge in [-0.1, -0.05) is 93.0 Å². The maximum atomic E-state index is 14.3. The summed E-state index contributed by atoms with van der Waals surface area (Å²) in [6, 6.07) is 18.4. The normalized spacial score (nSPS) is 16.4. The highest BCUT2D eigenvalue weighted by Crippen LogP contribution is 2.24. The van der Waals surface area contributed by atoms with Crippen LogP contribution in [0.1, 0.15) is 63.6 Å². The highest BCUT2D eigenvalue weighted by atomic mass is 32.2. The standard InChI is InChI=1S/C38H51N7O7S/c1-6-27(4)36(45-20-19-43(38(45)48)24-31-13-10-14-33(40-31)28(5)42-50)37(47)41-34(21-29-11-8-7-9-12-29)35(46)25-44(23-26(2)3)53(51,52)32-17-15-30(16-18-32)22-39-49/h7-18,22,26-27,34-36,46,49-50H,6,19-21,23-25H2,1-5H3,(H,41,47)/t27-,34-,35+,36-/m0/s1. The first kappa shape index (κ1) is 40.9. The van der Waals surface area contributed by atoms with Gasteiger partial charge in [-0.3, -0.25) is 4.79 Å². The Kier molecular flexibility index (Phi) is 14.5. The lowest BCUT2D eigenvalue weighted by Crippen LogP contribution is -2.57. The molecule has 4 atom stereocenters. The fraction of sp³-hybridized carbons (Fsp3) is 0.447. The first-order chi connectivity index (χ1) is 25.3. The summed E-state index contributed by atoms with van der Waals surface area (Å²) in [5.41, 5.74) is 2.77. The quantitative estimate of drug-likeness (QED) is 0.0847. The molecule has 1 fully saturated rings. The summed E-state index contributed by atoms with van der Waals surface area (Å²) in [5, 5.41) is 39.1. The summed E-state index contributed by atoms with van der Waals surface area (Å²) >= 11 is 0. The first-order valence-electron chi connectivity index (χ1n) is 17.8. The molecule has 0 spiro atoms. The summed E-state index contributed by atoms with van der Waals surface area (Å²) in [6.07, 6.45) is 0.682. The minimum Gasteiger partial charge on any atom is -0.411 e. The summed E-state index contributed by atoms with van der Waals surface area (Å²) in [4.78, 5) is 35.9. The smallest absolute Gasteiger partial charge is 0.321 e. The number of hydrogen-bond donors (Lipinski definition) is 4. The van der Waals surface area contributed by atoms with Gasteiger partial charge < -0.3 is 30.6 Å². The second-order valence-electron chi connectivity index (χ2n) is 13.8. The Labute approximate surface area is 311 Å². The predicted molar refractivity (Wildman–Crippen MR) is 201 cm³/mol. The van der Waals surface area contributed by atoms with E-state index in [4.69, 9.17) is 5.21 Å². The van der Waals surface area contributed by atoms with Gasteiger partial charge in [-0.15, -0.1) is 0 Å². The van der Waals surface area contributed by atoms with Crippen LogP contribution in [0.4, 0.5) is 4.79 Å². The van der Waals surface area contributed by atoms with Crippen molar-refractivity contribution in [1.82, 2.24) is 24.4 Å². The molecule has 2 heterocycles. The minimum absolute atomic E-state index is 0.0107. The number of nitrogens with one attached hydrogen (secondary N) is 1. The summed E-state index contributed by atoms with van der Waals surface area (Å²) in [5.74, 6) is -0.762. The monoisotopic (exact) mass is 749 g/mol. The summed E-state index contributed by atoms with van der Waals surface area (Å²) in [7, 11) is -4.08. The second kappa shape index (κ2) is 18.8. The van der Waals surface area contributed by atoms with E-state index in [-0.39, 0.29) is 48.8 Å². The molecule has 0 unspecified atom stereocenters. The zero-order valence-electron chi connectivity index (χ0n) is 30.9. The molecule has 1 saturated heterocycles.